The van der Waals surface area contributed by atoms with E-state index in [1.165, 1.54) is 31.2 Å². The summed E-state index contributed by atoms with van der Waals surface area (Å²) < 4.78 is 0. The van der Waals surface area contributed by atoms with Gasteiger partial charge in [-0.05, 0) is 55.7 Å². The van der Waals surface area contributed by atoms with E-state index in [0.29, 0.717) is 6.04 Å². The average molecular weight is 214 g/mol. The van der Waals surface area contributed by atoms with Gasteiger partial charge in [0.1, 0.15) is 0 Å². The van der Waals surface area contributed by atoms with Gasteiger partial charge in [0.05, 0.1) is 0 Å². The van der Waals surface area contributed by atoms with Gasteiger partial charge in [-0.25, -0.2) is 0 Å². The standard InChI is InChI=1S/C14H18N2/c1-16-12-5-7-14(12)6-4-11(14)13(16)10-3-2-8-15-9-10/h2-3,8-9,11-13H,4-7H2,1H3. The Morgan fingerprint density at radius 1 is 1.38 bits per heavy atom. The van der Waals surface area contributed by atoms with Crippen molar-refractivity contribution in [1.29, 1.82) is 0 Å². The Bertz CT molecular complexity index is 412. The summed E-state index contributed by atoms with van der Waals surface area (Å²) in [6.07, 6.45) is 9.75. The van der Waals surface area contributed by atoms with Crippen LogP contribution in [0.15, 0.2) is 24.5 Å². The third kappa shape index (κ3) is 0.866. The van der Waals surface area contributed by atoms with Crippen LogP contribution in [0.2, 0.25) is 0 Å². The van der Waals surface area contributed by atoms with E-state index in [9.17, 15) is 0 Å². The average Bonchev–Trinajstić information content (AvgIpc) is 2.33. The number of rotatable bonds is 1. The molecular weight excluding hydrogens is 196 g/mol. The SMILES string of the molecule is CN1C(c2cccnc2)C2CCC23CCC13. The molecule has 3 fully saturated rings. The lowest BCUT2D eigenvalue weighted by Gasteiger charge is -2.56. The fraction of sp³-hybridized carbons (Fsp3) is 0.643. The third-order valence-corrected chi connectivity index (χ3v) is 5.54. The molecule has 4 unspecified atom stereocenters. The zero-order chi connectivity index (χ0) is 10.8. The maximum absolute atomic E-state index is 4.29. The highest BCUT2D eigenvalue weighted by molar-refractivity contribution is 5.27. The second-order valence-corrected chi connectivity index (χ2v) is 5.83. The largest absolute Gasteiger partial charge is 0.295 e. The van der Waals surface area contributed by atoms with Gasteiger partial charge in [-0.1, -0.05) is 6.07 Å². The van der Waals surface area contributed by atoms with Crippen LogP contribution in [-0.2, 0) is 0 Å². The van der Waals surface area contributed by atoms with Gasteiger partial charge < -0.3 is 0 Å². The first kappa shape index (κ1) is 9.17. The summed E-state index contributed by atoms with van der Waals surface area (Å²) in [5.41, 5.74) is 2.15. The first-order chi connectivity index (χ1) is 7.83. The normalized spacial score (nSPS) is 45.4. The molecule has 1 aliphatic heterocycles. The zero-order valence-corrected chi connectivity index (χ0v) is 9.76. The number of hydrogen-bond acceptors (Lipinski definition) is 2. The number of likely N-dealkylation sites (tertiary alicyclic amines) is 1. The van der Waals surface area contributed by atoms with Crippen LogP contribution in [0.3, 0.4) is 0 Å². The van der Waals surface area contributed by atoms with Crippen LogP contribution >= 0.6 is 0 Å². The van der Waals surface area contributed by atoms with Gasteiger partial charge in [-0.2, -0.15) is 0 Å². The van der Waals surface area contributed by atoms with E-state index in [1.54, 1.807) is 0 Å². The van der Waals surface area contributed by atoms with Crippen LogP contribution in [0.5, 0.6) is 0 Å². The van der Waals surface area contributed by atoms with Gasteiger partial charge in [-0.15, -0.1) is 0 Å². The molecule has 1 aromatic heterocycles. The Kier molecular flexibility index (Phi) is 1.64. The Labute approximate surface area is 96.7 Å². The highest BCUT2D eigenvalue weighted by Gasteiger charge is 2.66. The van der Waals surface area contributed by atoms with Crippen molar-refractivity contribution >= 4 is 0 Å². The highest BCUT2D eigenvalue weighted by Crippen LogP contribution is 2.70. The molecule has 2 aliphatic carbocycles. The molecule has 1 aromatic rings. The number of aromatic nitrogens is 1. The van der Waals surface area contributed by atoms with Gasteiger partial charge in [0.25, 0.3) is 0 Å². The van der Waals surface area contributed by atoms with Crippen LogP contribution in [0, 0.1) is 11.3 Å². The molecule has 16 heavy (non-hydrogen) atoms. The molecule has 2 saturated carbocycles. The molecule has 2 heteroatoms. The van der Waals surface area contributed by atoms with Crippen LogP contribution in [-0.4, -0.2) is 23.0 Å². The van der Waals surface area contributed by atoms with Gasteiger partial charge >= 0.3 is 0 Å². The minimum Gasteiger partial charge on any atom is -0.295 e. The second kappa shape index (κ2) is 2.86. The molecule has 0 amide bonds. The lowest BCUT2D eigenvalue weighted by molar-refractivity contribution is -0.0444. The zero-order valence-electron chi connectivity index (χ0n) is 9.76. The fourth-order valence-electron chi connectivity index (χ4n) is 4.63. The van der Waals surface area contributed by atoms with Crippen molar-refractivity contribution < 1.29 is 0 Å². The molecule has 0 radical (unpaired) electrons. The quantitative estimate of drug-likeness (QED) is 0.714. The van der Waals surface area contributed by atoms with E-state index < -0.39 is 0 Å². The van der Waals surface area contributed by atoms with Crippen LogP contribution in [0.4, 0.5) is 0 Å². The molecule has 4 rings (SSSR count). The highest BCUT2D eigenvalue weighted by atomic mass is 15.2. The predicted octanol–water partition coefficient (Wildman–Crippen LogP) is 2.63. The summed E-state index contributed by atoms with van der Waals surface area (Å²) >= 11 is 0. The number of pyridine rings is 1. The second-order valence-electron chi connectivity index (χ2n) is 5.83. The van der Waals surface area contributed by atoms with E-state index in [1.807, 2.05) is 6.20 Å². The summed E-state index contributed by atoms with van der Waals surface area (Å²) in [6.45, 7) is 0. The summed E-state index contributed by atoms with van der Waals surface area (Å²) in [6, 6.07) is 5.85. The molecule has 1 saturated heterocycles. The molecule has 2 heterocycles. The van der Waals surface area contributed by atoms with Crippen molar-refractivity contribution in [2.45, 2.75) is 37.8 Å². The maximum atomic E-state index is 4.29. The first-order valence-corrected chi connectivity index (χ1v) is 6.45. The summed E-state index contributed by atoms with van der Waals surface area (Å²) in [7, 11) is 2.32. The van der Waals surface area contributed by atoms with Crippen LogP contribution in [0.25, 0.3) is 0 Å². The van der Waals surface area contributed by atoms with E-state index >= 15 is 0 Å². The van der Waals surface area contributed by atoms with Gasteiger partial charge in [0.2, 0.25) is 0 Å². The van der Waals surface area contributed by atoms with Crippen LogP contribution in [0.1, 0.15) is 37.3 Å². The van der Waals surface area contributed by atoms with E-state index in [2.05, 4.69) is 35.3 Å². The van der Waals surface area contributed by atoms with Crippen molar-refractivity contribution in [1.82, 2.24) is 9.88 Å². The Morgan fingerprint density at radius 3 is 2.75 bits per heavy atom. The Hall–Kier alpha value is -0.890. The van der Waals surface area contributed by atoms with E-state index in [-0.39, 0.29) is 0 Å². The molecule has 1 spiro atoms. The Balaban J connectivity index is 1.75. The van der Waals surface area contributed by atoms with E-state index in [4.69, 9.17) is 0 Å². The lowest BCUT2D eigenvalue weighted by Crippen LogP contribution is -2.53. The molecule has 0 aromatic carbocycles. The molecule has 4 atom stereocenters. The smallest absolute Gasteiger partial charge is 0.0397 e. The molecule has 0 bridgehead atoms. The van der Waals surface area contributed by atoms with Gasteiger partial charge in [0.15, 0.2) is 0 Å². The molecule has 3 aliphatic rings. The van der Waals surface area contributed by atoms with Crippen molar-refractivity contribution in [3.63, 3.8) is 0 Å². The predicted molar refractivity (Wildman–Crippen MR) is 62.9 cm³/mol. The third-order valence-electron chi connectivity index (χ3n) is 5.54. The van der Waals surface area contributed by atoms with Crippen molar-refractivity contribution in [3.8, 4) is 0 Å². The minimum absolute atomic E-state index is 0.648. The minimum atomic E-state index is 0.648. The van der Waals surface area contributed by atoms with Crippen molar-refractivity contribution in [2.75, 3.05) is 7.05 Å². The molecular formula is C14H18N2. The number of hydrogen-bond donors (Lipinski definition) is 0. The Morgan fingerprint density at radius 2 is 2.25 bits per heavy atom. The lowest BCUT2D eigenvalue weighted by atomic mass is 9.48. The topological polar surface area (TPSA) is 16.1 Å². The fourth-order valence-corrected chi connectivity index (χ4v) is 4.63. The molecule has 0 N–H and O–H groups in total. The van der Waals surface area contributed by atoms with Crippen molar-refractivity contribution in [2.24, 2.45) is 11.3 Å². The molecule has 84 valence electrons. The van der Waals surface area contributed by atoms with Crippen molar-refractivity contribution in [3.05, 3.63) is 30.1 Å². The monoisotopic (exact) mass is 214 g/mol. The summed E-state index contributed by atoms with van der Waals surface area (Å²) in [5, 5.41) is 0. The van der Waals surface area contributed by atoms with Crippen LogP contribution < -0.4 is 0 Å². The first-order valence-electron chi connectivity index (χ1n) is 6.45. The summed E-state index contributed by atoms with van der Waals surface area (Å²) in [5.74, 6) is 0.917. The van der Waals surface area contributed by atoms with Gasteiger partial charge in [0, 0.05) is 24.5 Å². The number of nitrogens with zero attached hydrogens (tertiary/aromatic N) is 2. The maximum Gasteiger partial charge on any atom is 0.0397 e. The summed E-state index contributed by atoms with van der Waals surface area (Å²) in [4.78, 5) is 6.93. The van der Waals surface area contributed by atoms with Gasteiger partial charge in [-0.3, -0.25) is 9.88 Å². The van der Waals surface area contributed by atoms with E-state index in [0.717, 1.165) is 17.4 Å². The molecule has 2 nitrogen and oxygen atoms in total.